The standard InChI is InChI=1S/C12H16N2O3/c1-2-3-8-17-9-7-14-11-10(12(15)16)5-4-6-13-11/h2,4-6H,1,3,7-9H2,(H,13,14)(H,15,16). The highest BCUT2D eigenvalue weighted by Crippen LogP contribution is 2.10. The number of aromatic carboxylic acids is 1. The SMILES string of the molecule is C=CCCOCCNc1ncccc1C(=O)O. The molecule has 0 aliphatic rings. The molecule has 0 aliphatic heterocycles. The van der Waals surface area contributed by atoms with Crippen LogP contribution in [0.2, 0.25) is 0 Å². The molecule has 0 aliphatic carbocycles. The second kappa shape index (κ2) is 7.40. The fraction of sp³-hybridized carbons (Fsp3) is 0.333. The molecule has 17 heavy (non-hydrogen) atoms. The van der Waals surface area contributed by atoms with Crippen LogP contribution in [0.15, 0.2) is 31.0 Å². The van der Waals surface area contributed by atoms with E-state index >= 15 is 0 Å². The topological polar surface area (TPSA) is 71.5 Å². The third-order valence-electron chi connectivity index (χ3n) is 2.04. The van der Waals surface area contributed by atoms with Gasteiger partial charge in [-0.3, -0.25) is 0 Å². The minimum absolute atomic E-state index is 0.165. The van der Waals surface area contributed by atoms with Crippen molar-refractivity contribution in [2.24, 2.45) is 0 Å². The normalized spacial score (nSPS) is 9.88. The van der Waals surface area contributed by atoms with Gasteiger partial charge in [-0.05, 0) is 18.6 Å². The predicted octanol–water partition coefficient (Wildman–Crippen LogP) is 1.78. The molecular weight excluding hydrogens is 220 g/mol. The van der Waals surface area contributed by atoms with Gasteiger partial charge in [-0.15, -0.1) is 6.58 Å². The molecule has 5 nitrogen and oxygen atoms in total. The van der Waals surface area contributed by atoms with Gasteiger partial charge < -0.3 is 15.2 Å². The monoisotopic (exact) mass is 236 g/mol. The molecule has 0 unspecified atom stereocenters. The summed E-state index contributed by atoms with van der Waals surface area (Å²) in [5.74, 6) is -0.625. The molecular formula is C12H16N2O3. The number of aromatic nitrogens is 1. The fourth-order valence-electron chi connectivity index (χ4n) is 1.23. The lowest BCUT2D eigenvalue weighted by Crippen LogP contribution is -2.13. The Balaban J connectivity index is 2.36. The van der Waals surface area contributed by atoms with Crippen LogP contribution in [-0.4, -0.2) is 35.8 Å². The first-order valence-electron chi connectivity index (χ1n) is 5.36. The zero-order chi connectivity index (χ0) is 12.5. The first kappa shape index (κ1) is 13.2. The molecule has 0 atom stereocenters. The van der Waals surface area contributed by atoms with Gasteiger partial charge in [0, 0.05) is 12.7 Å². The largest absolute Gasteiger partial charge is 0.478 e. The summed E-state index contributed by atoms with van der Waals surface area (Å²) in [6, 6.07) is 3.10. The number of pyridine rings is 1. The molecule has 92 valence electrons. The number of nitrogens with zero attached hydrogens (tertiary/aromatic N) is 1. The fourth-order valence-corrected chi connectivity index (χ4v) is 1.23. The van der Waals surface area contributed by atoms with Crippen molar-refractivity contribution >= 4 is 11.8 Å². The molecule has 1 aromatic heterocycles. The van der Waals surface area contributed by atoms with Crippen LogP contribution < -0.4 is 5.32 Å². The number of carbonyl (C=O) groups is 1. The lowest BCUT2D eigenvalue weighted by atomic mass is 10.2. The summed E-state index contributed by atoms with van der Waals surface area (Å²) in [5, 5.41) is 11.8. The lowest BCUT2D eigenvalue weighted by Gasteiger charge is -2.08. The highest BCUT2D eigenvalue weighted by Gasteiger charge is 2.09. The number of rotatable bonds is 8. The number of hydrogen-bond acceptors (Lipinski definition) is 4. The zero-order valence-electron chi connectivity index (χ0n) is 9.56. The van der Waals surface area contributed by atoms with Crippen LogP contribution in [0.1, 0.15) is 16.8 Å². The van der Waals surface area contributed by atoms with E-state index in [2.05, 4.69) is 16.9 Å². The molecule has 1 heterocycles. The van der Waals surface area contributed by atoms with Crippen molar-refractivity contribution in [3.05, 3.63) is 36.5 Å². The number of hydrogen-bond donors (Lipinski definition) is 2. The molecule has 0 radical (unpaired) electrons. The smallest absolute Gasteiger partial charge is 0.339 e. The summed E-state index contributed by atoms with van der Waals surface area (Å²) in [6.07, 6.45) is 4.14. The molecule has 0 bridgehead atoms. The number of carboxylic acids is 1. The average Bonchev–Trinajstić information content (AvgIpc) is 2.34. The van der Waals surface area contributed by atoms with Crippen LogP contribution in [0.25, 0.3) is 0 Å². The van der Waals surface area contributed by atoms with Crippen LogP contribution in [0.4, 0.5) is 5.82 Å². The minimum Gasteiger partial charge on any atom is -0.478 e. The average molecular weight is 236 g/mol. The zero-order valence-corrected chi connectivity index (χ0v) is 9.56. The first-order valence-corrected chi connectivity index (χ1v) is 5.36. The van der Waals surface area contributed by atoms with Gasteiger partial charge in [-0.1, -0.05) is 6.08 Å². The Kier molecular flexibility index (Phi) is 5.74. The van der Waals surface area contributed by atoms with Gasteiger partial charge in [-0.2, -0.15) is 0 Å². The Bertz CT molecular complexity index is 380. The maximum Gasteiger partial charge on any atom is 0.339 e. The van der Waals surface area contributed by atoms with E-state index in [0.717, 1.165) is 6.42 Å². The van der Waals surface area contributed by atoms with Gasteiger partial charge >= 0.3 is 5.97 Å². The van der Waals surface area contributed by atoms with E-state index in [0.29, 0.717) is 25.6 Å². The van der Waals surface area contributed by atoms with Crippen LogP contribution in [0, 0.1) is 0 Å². The molecule has 0 saturated heterocycles. The number of anilines is 1. The Hall–Kier alpha value is -1.88. The molecule has 0 saturated carbocycles. The number of carboxylic acid groups (broad SMARTS) is 1. The summed E-state index contributed by atoms with van der Waals surface area (Å²) in [7, 11) is 0. The van der Waals surface area contributed by atoms with Gasteiger partial charge in [0.2, 0.25) is 0 Å². The predicted molar refractivity (Wildman–Crippen MR) is 65.3 cm³/mol. The highest BCUT2D eigenvalue weighted by molar-refractivity contribution is 5.92. The van der Waals surface area contributed by atoms with E-state index in [1.54, 1.807) is 18.3 Å². The molecule has 1 aromatic rings. The Morgan fingerprint density at radius 3 is 3.12 bits per heavy atom. The molecule has 0 fully saturated rings. The molecule has 0 spiro atoms. The number of nitrogens with one attached hydrogen (secondary N) is 1. The van der Waals surface area contributed by atoms with Crippen molar-refractivity contribution in [1.82, 2.24) is 4.98 Å². The maximum atomic E-state index is 10.9. The lowest BCUT2D eigenvalue weighted by molar-refractivity contribution is 0.0697. The van der Waals surface area contributed by atoms with Crippen molar-refractivity contribution in [3.63, 3.8) is 0 Å². The third kappa shape index (κ3) is 4.65. The van der Waals surface area contributed by atoms with Gasteiger partial charge in [0.05, 0.1) is 13.2 Å². The van der Waals surface area contributed by atoms with E-state index in [-0.39, 0.29) is 5.56 Å². The van der Waals surface area contributed by atoms with Crippen molar-refractivity contribution in [2.75, 3.05) is 25.1 Å². The van der Waals surface area contributed by atoms with Gasteiger partial charge in [0.25, 0.3) is 0 Å². The molecule has 1 rings (SSSR count). The second-order valence-electron chi connectivity index (χ2n) is 3.32. The van der Waals surface area contributed by atoms with Gasteiger partial charge in [-0.25, -0.2) is 9.78 Å². The van der Waals surface area contributed by atoms with E-state index in [1.165, 1.54) is 6.07 Å². The van der Waals surface area contributed by atoms with E-state index < -0.39 is 5.97 Å². The molecule has 0 amide bonds. The summed E-state index contributed by atoms with van der Waals surface area (Å²) < 4.78 is 5.29. The molecule has 0 aromatic carbocycles. The molecule has 5 heteroatoms. The van der Waals surface area contributed by atoms with Crippen LogP contribution in [-0.2, 0) is 4.74 Å². The van der Waals surface area contributed by atoms with Crippen molar-refractivity contribution < 1.29 is 14.6 Å². The second-order valence-corrected chi connectivity index (χ2v) is 3.32. The van der Waals surface area contributed by atoms with Crippen LogP contribution in [0.5, 0.6) is 0 Å². The van der Waals surface area contributed by atoms with E-state index in [4.69, 9.17) is 9.84 Å². The van der Waals surface area contributed by atoms with Crippen molar-refractivity contribution in [1.29, 1.82) is 0 Å². The quantitative estimate of drug-likeness (QED) is 0.532. The summed E-state index contributed by atoms with van der Waals surface area (Å²) in [5.41, 5.74) is 0.165. The Morgan fingerprint density at radius 1 is 1.59 bits per heavy atom. The maximum absolute atomic E-state index is 10.9. The Morgan fingerprint density at radius 2 is 2.41 bits per heavy atom. The summed E-state index contributed by atoms with van der Waals surface area (Å²) in [6.45, 7) is 5.24. The van der Waals surface area contributed by atoms with Crippen molar-refractivity contribution in [3.8, 4) is 0 Å². The minimum atomic E-state index is -0.992. The van der Waals surface area contributed by atoms with E-state index in [1.807, 2.05) is 0 Å². The first-order chi connectivity index (χ1) is 8.25. The van der Waals surface area contributed by atoms with Crippen LogP contribution in [0.3, 0.4) is 0 Å². The van der Waals surface area contributed by atoms with Crippen LogP contribution >= 0.6 is 0 Å². The third-order valence-corrected chi connectivity index (χ3v) is 2.04. The number of ether oxygens (including phenoxy) is 1. The summed E-state index contributed by atoms with van der Waals surface area (Å²) >= 11 is 0. The van der Waals surface area contributed by atoms with Crippen molar-refractivity contribution in [2.45, 2.75) is 6.42 Å². The van der Waals surface area contributed by atoms with Gasteiger partial charge in [0.1, 0.15) is 11.4 Å². The highest BCUT2D eigenvalue weighted by atomic mass is 16.5. The van der Waals surface area contributed by atoms with Gasteiger partial charge in [0.15, 0.2) is 0 Å². The van der Waals surface area contributed by atoms with E-state index in [9.17, 15) is 4.79 Å². The summed E-state index contributed by atoms with van der Waals surface area (Å²) in [4.78, 5) is 14.8. The Labute approximate surface area is 100 Å². The molecule has 2 N–H and O–H groups in total.